The Morgan fingerprint density at radius 2 is 2.20 bits per heavy atom. The Morgan fingerprint density at radius 3 is 2.85 bits per heavy atom. The normalized spacial score (nSPS) is 19.1. The number of nitrogens with one attached hydrogen (secondary N) is 1. The van der Waals surface area contributed by atoms with Crippen LogP contribution in [0, 0.1) is 5.82 Å². The molecule has 112 valence electrons. The number of nitrogens with zero attached hydrogens (tertiary/aromatic N) is 2. The fraction of sp³-hybridized carbons (Fsp3) is 0.625. The Kier molecular flexibility index (Phi) is 5.38. The van der Waals surface area contributed by atoms with E-state index in [2.05, 4.69) is 36.1 Å². The zero-order chi connectivity index (χ0) is 14.5. The van der Waals surface area contributed by atoms with E-state index < -0.39 is 0 Å². The fourth-order valence-electron chi connectivity index (χ4n) is 2.79. The molecule has 1 N–H and O–H groups in total. The first-order chi connectivity index (χ1) is 9.63. The van der Waals surface area contributed by atoms with Crippen LogP contribution < -0.4 is 10.2 Å². The summed E-state index contributed by atoms with van der Waals surface area (Å²) in [6.45, 7) is 5.65. The van der Waals surface area contributed by atoms with Crippen molar-refractivity contribution in [1.29, 1.82) is 0 Å². The highest BCUT2D eigenvalue weighted by Gasteiger charge is 2.26. The Hall–Kier alpha value is -1.13. The van der Waals surface area contributed by atoms with Gasteiger partial charge < -0.3 is 15.1 Å². The second kappa shape index (κ2) is 7.04. The molecule has 0 aliphatic carbocycles. The van der Waals surface area contributed by atoms with Gasteiger partial charge in [-0.15, -0.1) is 0 Å². The summed E-state index contributed by atoms with van der Waals surface area (Å²) in [5.41, 5.74) is 1.86. The maximum Gasteiger partial charge on any atom is 0.129 e. The Bertz CT molecular complexity index is 434. The van der Waals surface area contributed by atoms with Gasteiger partial charge in [-0.2, -0.15) is 0 Å². The third kappa shape index (κ3) is 3.49. The quantitative estimate of drug-likeness (QED) is 0.807. The van der Waals surface area contributed by atoms with Crippen molar-refractivity contribution < 1.29 is 4.39 Å². The first-order valence-electron chi connectivity index (χ1n) is 7.53. The third-order valence-electron chi connectivity index (χ3n) is 4.06. The van der Waals surface area contributed by atoms with Gasteiger partial charge >= 0.3 is 0 Å². The summed E-state index contributed by atoms with van der Waals surface area (Å²) in [6.07, 6.45) is 2.21. The van der Waals surface area contributed by atoms with Crippen molar-refractivity contribution in [3.8, 4) is 0 Å². The van der Waals surface area contributed by atoms with Gasteiger partial charge in [-0.1, -0.05) is 13.0 Å². The fourth-order valence-corrected chi connectivity index (χ4v) is 2.79. The maximum absolute atomic E-state index is 14.1. The minimum Gasteiger partial charge on any atom is -0.370 e. The molecule has 1 aliphatic rings. The predicted molar refractivity (Wildman–Crippen MR) is 82.7 cm³/mol. The minimum atomic E-state index is -0.0978. The summed E-state index contributed by atoms with van der Waals surface area (Å²) in [5, 5.41) is 3.31. The molecular formula is C16H26FN3. The van der Waals surface area contributed by atoms with Crippen molar-refractivity contribution in [2.75, 3.05) is 38.6 Å². The van der Waals surface area contributed by atoms with Crippen molar-refractivity contribution >= 4 is 5.69 Å². The summed E-state index contributed by atoms with van der Waals surface area (Å²) in [7, 11) is 4.23. The molecule has 2 rings (SSSR count). The van der Waals surface area contributed by atoms with Crippen LogP contribution in [0.2, 0.25) is 0 Å². The largest absolute Gasteiger partial charge is 0.370 e. The molecule has 0 bridgehead atoms. The zero-order valence-corrected chi connectivity index (χ0v) is 12.8. The molecule has 3 nitrogen and oxygen atoms in total. The van der Waals surface area contributed by atoms with E-state index in [0.29, 0.717) is 12.6 Å². The lowest BCUT2D eigenvalue weighted by molar-refractivity contribution is 0.315. The molecule has 1 aromatic carbocycles. The van der Waals surface area contributed by atoms with Crippen molar-refractivity contribution in [3.63, 3.8) is 0 Å². The third-order valence-corrected chi connectivity index (χ3v) is 4.06. The smallest absolute Gasteiger partial charge is 0.129 e. The van der Waals surface area contributed by atoms with Gasteiger partial charge in [0, 0.05) is 36.9 Å². The van der Waals surface area contributed by atoms with Crippen molar-refractivity contribution in [1.82, 2.24) is 10.2 Å². The summed E-state index contributed by atoms with van der Waals surface area (Å²) in [6, 6.07) is 5.99. The summed E-state index contributed by atoms with van der Waals surface area (Å²) in [4.78, 5) is 4.57. The monoisotopic (exact) mass is 279 g/mol. The summed E-state index contributed by atoms with van der Waals surface area (Å²) in [5.74, 6) is -0.0978. The number of benzene rings is 1. The molecule has 0 radical (unpaired) electrons. The number of rotatable bonds is 6. The molecule has 1 aromatic rings. The zero-order valence-electron chi connectivity index (χ0n) is 12.8. The van der Waals surface area contributed by atoms with E-state index in [0.717, 1.165) is 43.7 Å². The van der Waals surface area contributed by atoms with E-state index in [4.69, 9.17) is 0 Å². The molecule has 0 amide bonds. The lowest BCUT2D eigenvalue weighted by atomic mass is 10.1. The van der Waals surface area contributed by atoms with E-state index >= 15 is 0 Å². The molecule has 1 heterocycles. The summed E-state index contributed by atoms with van der Waals surface area (Å²) >= 11 is 0. The van der Waals surface area contributed by atoms with Crippen LogP contribution in [-0.2, 0) is 6.54 Å². The van der Waals surface area contributed by atoms with Crippen LogP contribution in [0.4, 0.5) is 10.1 Å². The van der Waals surface area contributed by atoms with E-state index in [9.17, 15) is 4.39 Å². The second-order valence-corrected chi connectivity index (χ2v) is 5.77. The molecule has 1 unspecified atom stereocenters. The van der Waals surface area contributed by atoms with Crippen LogP contribution in [0.3, 0.4) is 0 Å². The van der Waals surface area contributed by atoms with Gasteiger partial charge in [-0.3, -0.25) is 0 Å². The SMILES string of the molecule is CCCNCc1c(F)cccc1N1CCC(N(C)C)C1. The molecule has 4 heteroatoms. The number of likely N-dealkylation sites (N-methyl/N-ethyl adjacent to an activating group) is 1. The van der Waals surface area contributed by atoms with Crippen LogP contribution in [0.25, 0.3) is 0 Å². The molecule has 1 atom stereocenters. The molecule has 0 saturated carbocycles. The van der Waals surface area contributed by atoms with E-state index in [1.165, 1.54) is 0 Å². The number of hydrogen-bond donors (Lipinski definition) is 1. The summed E-state index contributed by atoms with van der Waals surface area (Å²) < 4.78 is 14.1. The first-order valence-corrected chi connectivity index (χ1v) is 7.53. The highest BCUT2D eigenvalue weighted by atomic mass is 19.1. The van der Waals surface area contributed by atoms with Gasteiger partial charge in [0.05, 0.1) is 0 Å². The second-order valence-electron chi connectivity index (χ2n) is 5.77. The first kappa shape index (κ1) is 15.3. The van der Waals surface area contributed by atoms with E-state index in [1.807, 2.05) is 12.1 Å². The highest BCUT2D eigenvalue weighted by Crippen LogP contribution is 2.27. The lowest BCUT2D eigenvalue weighted by Crippen LogP contribution is -2.32. The topological polar surface area (TPSA) is 18.5 Å². The van der Waals surface area contributed by atoms with Crippen LogP contribution >= 0.6 is 0 Å². The lowest BCUT2D eigenvalue weighted by Gasteiger charge is -2.24. The van der Waals surface area contributed by atoms with Crippen molar-refractivity contribution in [3.05, 3.63) is 29.6 Å². The molecular weight excluding hydrogens is 253 g/mol. The van der Waals surface area contributed by atoms with E-state index in [-0.39, 0.29) is 5.82 Å². The molecule has 0 spiro atoms. The van der Waals surface area contributed by atoms with Crippen molar-refractivity contribution in [2.45, 2.75) is 32.4 Å². The van der Waals surface area contributed by atoms with E-state index in [1.54, 1.807) is 6.07 Å². The Balaban J connectivity index is 2.13. The van der Waals surface area contributed by atoms with Gasteiger partial charge in [0.25, 0.3) is 0 Å². The van der Waals surface area contributed by atoms with Crippen LogP contribution in [0.5, 0.6) is 0 Å². The minimum absolute atomic E-state index is 0.0978. The predicted octanol–water partition coefficient (Wildman–Crippen LogP) is 2.47. The molecule has 20 heavy (non-hydrogen) atoms. The Morgan fingerprint density at radius 1 is 1.40 bits per heavy atom. The van der Waals surface area contributed by atoms with Gasteiger partial charge in [0.2, 0.25) is 0 Å². The maximum atomic E-state index is 14.1. The molecule has 1 aliphatic heterocycles. The van der Waals surface area contributed by atoms with Gasteiger partial charge in [-0.05, 0) is 45.6 Å². The number of halogens is 1. The average molecular weight is 279 g/mol. The highest BCUT2D eigenvalue weighted by molar-refractivity contribution is 5.55. The molecule has 1 fully saturated rings. The Labute approximate surface area is 121 Å². The number of hydrogen-bond acceptors (Lipinski definition) is 3. The van der Waals surface area contributed by atoms with Crippen LogP contribution in [0.15, 0.2) is 18.2 Å². The van der Waals surface area contributed by atoms with Gasteiger partial charge in [0.1, 0.15) is 5.82 Å². The molecule has 1 saturated heterocycles. The van der Waals surface area contributed by atoms with Crippen LogP contribution in [0.1, 0.15) is 25.3 Å². The molecule has 0 aromatic heterocycles. The van der Waals surface area contributed by atoms with Gasteiger partial charge in [-0.25, -0.2) is 4.39 Å². The standard InChI is InChI=1S/C16H26FN3/c1-4-9-18-11-14-15(17)6-5-7-16(14)20-10-8-13(12-20)19(2)3/h5-7,13,18H,4,8-12H2,1-3H3. The van der Waals surface area contributed by atoms with Crippen molar-refractivity contribution in [2.24, 2.45) is 0 Å². The van der Waals surface area contributed by atoms with Gasteiger partial charge in [0.15, 0.2) is 0 Å². The van der Waals surface area contributed by atoms with Crippen LogP contribution in [-0.4, -0.2) is 44.7 Å². The average Bonchev–Trinajstić information content (AvgIpc) is 2.90. The number of anilines is 1.